The van der Waals surface area contributed by atoms with Crippen LogP contribution in [-0.4, -0.2) is 59.6 Å². The second-order valence-electron chi connectivity index (χ2n) is 8.29. The van der Waals surface area contributed by atoms with Crippen LogP contribution in [0.2, 0.25) is 0 Å². The summed E-state index contributed by atoms with van der Waals surface area (Å²) in [4.78, 5) is 28.6. The predicted molar refractivity (Wildman–Crippen MR) is 102 cm³/mol. The molecule has 6 heteroatoms. The van der Waals surface area contributed by atoms with Gasteiger partial charge in [-0.3, -0.25) is 9.59 Å². The maximum atomic E-state index is 12.6. The molecular weight excluding hydrogens is 344 g/mol. The van der Waals surface area contributed by atoms with Gasteiger partial charge in [0, 0.05) is 38.0 Å². The number of carbonyl (C=O) groups is 2. The number of hydrogen-bond acceptors (Lipinski definition) is 4. The fourth-order valence-corrected chi connectivity index (χ4v) is 4.13. The molecule has 0 aliphatic carbocycles. The van der Waals surface area contributed by atoms with E-state index in [2.05, 4.69) is 0 Å². The van der Waals surface area contributed by atoms with E-state index >= 15 is 0 Å². The quantitative estimate of drug-likeness (QED) is 0.856. The first kappa shape index (κ1) is 19.7. The minimum atomic E-state index is -0.936. The number of ether oxygens (including phenoxy) is 1. The molecule has 0 aromatic heterocycles. The van der Waals surface area contributed by atoms with Crippen LogP contribution in [0, 0.1) is 11.3 Å². The summed E-state index contributed by atoms with van der Waals surface area (Å²) in [7, 11) is 1.64. The Balaban J connectivity index is 1.60. The number of aliphatic hydroxyl groups is 1. The number of likely N-dealkylation sites (tertiary alicyclic amines) is 2. The van der Waals surface area contributed by atoms with E-state index < -0.39 is 6.10 Å². The zero-order valence-corrected chi connectivity index (χ0v) is 16.5. The van der Waals surface area contributed by atoms with Crippen molar-refractivity contribution in [2.75, 3.05) is 26.7 Å². The minimum absolute atomic E-state index is 0.0461. The number of nitrogens with zero attached hydrogens (tertiary/aromatic N) is 2. The molecule has 148 valence electrons. The van der Waals surface area contributed by atoms with E-state index in [1.54, 1.807) is 12.0 Å². The molecule has 0 saturated carbocycles. The van der Waals surface area contributed by atoms with Crippen LogP contribution in [0.4, 0.5) is 0 Å². The topological polar surface area (TPSA) is 70.1 Å². The predicted octanol–water partition coefficient (Wildman–Crippen LogP) is 2.05. The van der Waals surface area contributed by atoms with Gasteiger partial charge in [0.25, 0.3) is 5.91 Å². The first-order chi connectivity index (χ1) is 12.8. The summed E-state index contributed by atoms with van der Waals surface area (Å²) in [6.45, 7) is 6.25. The molecule has 2 aliphatic rings. The summed E-state index contributed by atoms with van der Waals surface area (Å²) < 4.78 is 5.26. The number of aliphatic hydroxyl groups excluding tert-OH is 1. The van der Waals surface area contributed by atoms with Gasteiger partial charge in [-0.1, -0.05) is 26.0 Å². The van der Waals surface area contributed by atoms with Crippen LogP contribution in [0.15, 0.2) is 24.3 Å². The second kappa shape index (κ2) is 7.89. The highest BCUT2D eigenvalue weighted by Gasteiger charge is 2.45. The standard InChI is InChI=1S/C21H30N2O4/c1-15(2)19(25)20(26)22-9-7-21(8-10-22)12-18(24)23(14-21)13-16-5-4-6-17(11-16)27-3/h4-6,11,15,19,25H,7-10,12-14H2,1-3H3. The molecule has 2 aliphatic heterocycles. The Morgan fingerprint density at radius 2 is 2.00 bits per heavy atom. The Bertz CT molecular complexity index is 695. The van der Waals surface area contributed by atoms with Gasteiger partial charge in [0.15, 0.2) is 0 Å². The van der Waals surface area contributed by atoms with Gasteiger partial charge in [-0.25, -0.2) is 0 Å². The molecule has 2 fully saturated rings. The van der Waals surface area contributed by atoms with E-state index in [-0.39, 0.29) is 23.1 Å². The van der Waals surface area contributed by atoms with Gasteiger partial charge in [-0.05, 0) is 36.5 Å². The highest BCUT2D eigenvalue weighted by molar-refractivity contribution is 5.81. The third-order valence-electron chi connectivity index (χ3n) is 5.93. The van der Waals surface area contributed by atoms with Crippen molar-refractivity contribution in [2.45, 2.75) is 45.8 Å². The zero-order valence-electron chi connectivity index (χ0n) is 16.5. The average Bonchev–Trinajstić information content (AvgIpc) is 2.96. The number of amides is 2. The number of rotatable bonds is 5. The minimum Gasteiger partial charge on any atom is -0.497 e. The SMILES string of the molecule is COc1cccc(CN2CC3(CCN(C(=O)C(O)C(C)C)CC3)CC2=O)c1. The number of hydrogen-bond donors (Lipinski definition) is 1. The first-order valence-electron chi connectivity index (χ1n) is 9.71. The highest BCUT2D eigenvalue weighted by atomic mass is 16.5. The smallest absolute Gasteiger partial charge is 0.251 e. The molecule has 1 N–H and O–H groups in total. The third-order valence-corrected chi connectivity index (χ3v) is 5.93. The van der Waals surface area contributed by atoms with Crippen molar-refractivity contribution in [2.24, 2.45) is 11.3 Å². The van der Waals surface area contributed by atoms with E-state index in [0.717, 1.165) is 30.7 Å². The van der Waals surface area contributed by atoms with Crippen LogP contribution in [0.5, 0.6) is 5.75 Å². The van der Waals surface area contributed by atoms with Crippen molar-refractivity contribution in [3.63, 3.8) is 0 Å². The number of methoxy groups -OCH3 is 1. The lowest BCUT2D eigenvalue weighted by Gasteiger charge is -2.39. The van der Waals surface area contributed by atoms with Gasteiger partial charge in [-0.2, -0.15) is 0 Å². The van der Waals surface area contributed by atoms with Crippen LogP contribution in [0.25, 0.3) is 0 Å². The Morgan fingerprint density at radius 1 is 1.30 bits per heavy atom. The Labute approximate surface area is 161 Å². The van der Waals surface area contributed by atoms with Gasteiger partial charge in [0.2, 0.25) is 5.91 Å². The molecule has 2 amide bonds. The van der Waals surface area contributed by atoms with E-state index in [4.69, 9.17) is 4.74 Å². The van der Waals surface area contributed by atoms with E-state index in [9.17, 15) is 14.7 Å². The van der Waals surface area contributed by atoms with E-state index in [1.165, 1.54) is 0 Å². The summed E-state index contributed by atoms with van der Waals surface area (Å²) in [5.41, 5.74) is 1.02. The number of piperidine rings is 1. The zero-order chi connectivity index (χ0) is 19.6. The first-order valence-corrected chi connectivity index (χ1v) is 9.71. The van der Waals surface area contributed by atoms with Crippen molar-refractivity contribution in [1.29, 1.82) is 0 Å². The van der Waals surface area contributed by atoms with Crippen LogP contribution in [0.1, 0.15) is 38.7 Å². The molecule has 27 heavy (non-hydrogen) atoms. The van der Waals surface area contributed by atoms with Crippen LogP contribution < -0.4 is 4.74 Å². The van der Waals surface area contributed by atoms with E-state index in [0.29, 0.717) is 26.1 Å². The molecule has 1 aromatic rings. The molecular formula is C21H30N2O4. The molecule has 1 aromatic carbocycles. The van der Waals surface area contributed by atoms with Crippen LogP contribution in [-0.2, 0) is 16.1 Å². The Hall–Kier alpha value is -2.08. The van der Waals surface area contributed by atoms with Crippen molar-refractivity contribution in [3.05, 3.63) is 29.8 Å². The van der Waals surface area contributed by atoms with Crippen molar-refractivity contribution in [3.8, 4) is 5.75 Å². The molecule has 2 heterocycles. The number of carbonyl (C=O) groups excluding carboxylic acids is 2. The highest BCUT2D eigenvalue weighted by Crippen LogP contribution is 2.41. The lowest BCUT2D eigenvalue weighted by molar-refractivity contribution is -0.144. The van der Waals surface area contributed by atoms with Crippen molar-refractivity contribution >= 4 is 11.8 Å². The summed E-state index contributed by atoms with van der Waals surface area (Å²) in [6.07, 6.45) is 1.23. The van der Waals surface area contributed by atoms with Gasteiger partial charge in [0.1, 0.15) is 11.9 Å². The van der Waals surface area contributed by atoms with Gasteiger partial charge < -0.3 is 19.6 Å². The molecule has 1 spiro atoms. The van der Waals surface area contributed by atoms with Gasteiger partial charge >= 0.3 is 0 Å². The lowest BCUT2D eigenvalue weighted by atomic mass is 9.77. The van der Waals surface area contributed by atoms with Crippen LogP contribution in [0.3, 0.4) is 0 Å². The lowest BCUT2D eigenvalue weighted by Crippen LogP contribution is -2.48. The second-order valence-corrected chi connectivity index (χ2v) is 8.29. The summed E-state index contributed by atoms with van der Waals surface area (Å²) in [5, 5.41) is 10.0. The molecule has 2 saturated heterocycles. The molecule has 0 radical (unpaired) electrons. The Morgan fingerprint density at radius 3 is 2.63 bits per heavy atom. The fourth-order valence-electron chi connectivity index (χ4n) is 4.13. The molecule has 0 bridgehead atoms. The molecule has 6 nitrogen and oxygen atoms in total. The van der Waals surface area contributed by atoms with Crippen molar-refractivity contribution < 1.29 is 19.4 Å². The maximum absolute atomic E-state index is 12.6. The van der Waals surface area contributed by atoms with Crippen LogP contribution >= 0.6 is 0 Å². The molecule has 3 rings (SSSR count). The largest absolute Gasteiger partial charge is 0.497 e. The van der Waals surface area contributed by atoms with Gasteiger partial charge in [0.05, 0.1) is 7.11 Å². The fraction of sp³-hybridized carbons (Fsp3) is 0.619. The van der Waals surface area contributed by atoms with Gasteiger partial charge in [-0.15, -0.1) is 0 Å². The van der Waals surface area contributed by atoms with E-state index in [1.807, 2.05) is 43.0 Å². The normalized spacial score (nSPS) is 20.4. The van der Waals surface area contributed by atoms with Crippen molar-refractivity contribution in [1.82, 2.24) is 9.80 Å². The Kier molecular flexibility index (Phi) is 5.75. The molecule has 1 atom stereocenters. The summed E-state index contributed by atoms with van der Waals surface area (Å²) >= 11 is 0. The molecule has 1 unspecified atom stereocenters. The monoisotopic (exact) mass is 374 g/mol. The maximum Gasteiger partial charge on any atom is 0.251 e. The number of benzene rings is 1. The average molecular weight is 374 g/mol. The summed E-state index contributed by atoms with van der Waals surface area (Å²) in [6, 6.07) is 7.81. The summed E-state index contributed by atoms with van der Waals surface area (Å²) in [5.74, 6) is 0.710. The third kappa shape index (κ3) is 4.26.